The Morgan fingerprint density at radius 1 is 0.773 bits per heavy atom. The fourth-order valence-electron chi connectivity index (χ4n) is 2.36. The highest BCUT2D eigenvalue weighted by molar-refractivity contribution is 5.91. The van der Waals surface area contributed by atoms with Gasteiger partial charge in [-0.05, 0) is 52.6 Å². The van der Waals surface area contributed by atoms with Crippen LogP contribution in [0.15, 0.2) is 78.9 Å². The molecule has 22 heavy (non-hydrogen) atoms. The summed E-state index contributed by atoms with van der Waals surface area (Å²) in [6, 6.07) is 23.4. The summed E-state index contributed by atoms with van der Waals surface area (Å²) < 4.78 is 13.4. The Bertz CT molecular complexity index is 789. The molecule has 3 aromatic carbocycles. The van der Waals surface area contributed by atoms with E-state index in [2.05, 4.69) is 0 Å². The molecule has 0 aromatic heterocycles. The Kier molecular flexibility index (Phi) is 4.01. The monoisotopic (exact) mass is 290 g/mol. The minimum absolute atomic E-state index is 0.224. The summed E-state index contributed by atoms with van der Waals surface area (Å²) in [6.07, 6.45) is 1.95. The van der Waals surface area contributed by atoms with Crippen LogP contribution in [0.3, 0.4) is 0 Å². The molecule has 0 unspecified atom stereocenters. The molecule has 0 heterocycles. The summed E-state index contributed by atoms with van der Waals surface area (Å²) in [5.74, 6) is -0.0335. The van der Waals surface area contributed by atoms with Crippen LogP contribution in [0.4, 0.5) is 4.39 Å². The van der Waals surface area contributed by atoms with Gasteiger partial charge in [0.15, 0.2) is 0 Å². The lowest BCUT2D eigenvalue weighted by atomic mass is 9.95. The minimum Gasteiger partial charge on any atom is -0.508 e. The first-order valence-corrected chi connectivity index (χ1v) is 7.04. The number of hydrogen-bond acceptors (Lipinski definition) is 1. The number of benzene rings is 3. The number of phenols is 1. The van der Waals surface area contributed by atoms with Crippen molar-refractivity contribution in [2.45, 2.75) is 0 Å². The lowest BCUT2D eigenvalue weighted by Gasteiger charge is -2.09. The third-order valence-electron chi connectivity index (χ3n) is 3.42. The Balaban J connectivity index is 2.13. The minimum atomic E-state index is -0.258. The van der Waals surface area contributed by atoms with Gasteiger partial charge in [-0.25, -0.2) is 4.39 Å². The van der Waals surface area contributed by atoms with Gasteiger partial charge in [0.1, 0.15) is 11.6 Å². The van der Waals surface area contributed by atoms with Gasteiger partial charge in [0.05, 0.1) is 0 Å². The van der Waals surface area contributed by atoms with E-state index in [0.29, 0.717) is 0 Å². The largest absolute Gasteiger partial charge is 0.508 e. The van der Waals surface area contributed by atoms with Crippen molar-refractivity contribution >= 4 is 11.6 Å². The molecule has 0 aliphatic heterocycles. The lowest BCUT2D eigenvalue weighted by molar-refractivity contribution is 0.475. The van der Waals surface area contributed by atoms with Crippen molar-refractivity contribution in [3.8, 4) is 5.75 Å². The van der Waals surface area contributed by atoms with Crippen LogP contribution in [0.25, 0.3) is 11.6 Å². The van der Waals surface area contributed by atoms with E-state index in [9.17, 15) is 9.50 Å². The molecule has 0 amide bonds. The second-order valence-corrected chi connectivity index (χ2v) is 5.03. The molecule has 0 saturated heterocycles. The SMILES string of the molecule is Oc1ccc(/C(=C/c2cccc(F)c2)c2ccccc2)cc1. The van der Waals surface area contributed by atoms with Crippen LogP contribution in [0.2, 0.25) is 0 Å². The van der Waals surface area contributed by atoms with Gasteiger partial charge >= 0.3 is 0 Å². The van der Waals surface area contributed by atoms with E-state index in [1.165, 1.54) is 12.1 Å². The third kappa shape index (κ3) is 3.23. The van der Waals surface area contributed by atoms with Crippen molar-refractivity contribution in [1.29, 1.82) is 0 Å². The van der Waals surface area contributed by atoms with Gasteiger partial charge in [-0.3, -0.25) is 0 Å². The molecular weight excluding hydrogens is 275 g/mol. The summed E-state index contributed by atoms with van der Waals surface area (Å²) in [4.78, 5) is 0. The number of aromatic hydroxyl groups is 1. The number of halogens is 1. The summed E-state index contributed by atoms with van der Waals surface area (Å²) >= 11 is 0. The third-order valence-corrected chi connectivity index (χ3v) is 3.42. The summed E-state index contributed by atoms with van der Waals surface area (Å²) in [6.45, 7) is 0. The molecule has 1 nitrogen and oxygen atoms in total. The van der Waals surface area contributed by atoms with Gasteiger partial charge in [-0.1, -0.05) is 54.6 Å². The average molecular weight is 290 g/mol. The van der Waals surface area contributed by atoms with E-state index in [1.54, 1.807) is 18.2 Å². The molecule has 0 radical (unpaired) electrons. The normalized spacial score (nSPS) is 11.4. The number of hydrogen-bond donors (Lipinski definition) is 1. The Morgan fingerprint density at radius 3 is 2.14 bits per heavy atom. The second-order valence-electron chi connectivity index (χ2n) is 5.03. The van der Waals surface area contributed by atoms with Crippen molar-refractivity contribution in [2.75, 3.05) is 0 Å². The first-order chi connectivity index (χ1) is 10.7. The zero-order valence-electron chi connectivity index (χ0n) is 11.9. The average Bonchev–Trinajstić information content (AvgIpc) is 2.55. The van der Waals surface area contributed by atoms with Crippen LogP contribution in [0, 0.1) is 5.82 Å². The van der Waals surface area contributed by atoms with E-state index >= 15 is 0 Å². The van der Waals surface area contributed by atoms with E-state index in [4.69, 9.17) is 0 Å². The van der Waals surface area contributed by atoms with Crippen LogP contribution in [0.5, 0.6) is 5.75 Å². The molecule has 0 atom stereocenters. The predicted molar refractivity (Wildman–Crippen MR) is 87.9 cm³/mol. The van der Waals surface area contributed by atoms with Crippen molar-refractivity contribution in [1.82, 2.24) is 0 Å². The standard InChI is InChI=1S/C20H15FO/c21-18-8-4-5-15(13-18)14-20(16-6-2-1-3-7-16)17-9-11-19(22)12-10-17/h1-14,22H/b20-14+. The van der Waals surface area contributed by atoms with Gasteiger partial charge in [0.2, 0.25) is 0 Å². The highest BCUT2D eigenvalue weighted by Gasteiger charge is 2.05. The van der Waals surface area contributed by atoms with Gasteiger partial charge in [-0.2, -0.15) is 0 Å². The Hall–Kier alpha value is -2.87. The Labute approximate surface area is 129 Å². The van der Waals surface area contributed by atoms with Crippen molar-refractivity contribution in [2.24, 2.45) is 0 Å². The molecule has 0 spiro atoms. The lowest BCUT2D eigenvalue weighted by Crippen LogP contribution is -1.88. The first-order valence-electron chi connectivity index (χ1n) is 7.04. The molecular formula is C20H15FO. The fourth-order valence-corrected chi connectivity index (χ4v) is 2.36. The molecule has 3 aromatic rings. The zero-order valence-corrected chi connectivity index (χ0v) is 11.9. The molecule has 0 saturated carbocycles. The van der Waals surface area contributed by atoms with Crippen LogP contribution in [-0.4, -0.2) is 5.11 Å². The molecule has 2 heteroatoms. The predicted octanol–water partition coefficient (Wildman–Crippen LogP) is 5.12. The molecule has 0 bridgehead atoms. The van der Waals surface area contributed by atoms with E-state index < -0.39 is 0 Å². The summed E-state index contributed by atoms with van der Waals surface area (Å²) in [7, 11) is 0. The fraction of sp³-hybridized carbons (Fsp3) is 0. The van der Waals surface area contributed by atoms with Crippen LogP contribution in [-0.2, 0) is 0 Å². The Morgan fingerprint density at radius 2 is 1.45 bits per heavy atom. The first kappa shape index (κ1) is 14.1. The topological polar surface area (TPSA) is 20.2 Å². The highest BCUT2D eigenvalue weighted by atomic mass is 19.1. The van der Waals surface area contributed by atoms with Crippen LogP contribution in [0.1, 0.15) is 16.7 Å². The van der Waals surface area contributed by atoms with Gasteiger partial charge in [0.25, 0.3) is 0 Å². The highest BCUT2D eigenvalue weighted by Crippen LogP contribution is 2.27. The van der Waals surface area contributed by atoms with E-state index in [0.717, 1.165) is 22.3 Å². The smallest absolute Gasteiger partial charge is 0.123 e. The maximum absolute atomic E-state index is 13.4. The van der Waals surface area contributed by atoms with Crippen LogP contribution < -0.4 is 0 Å². The molecule has 3 rings (SSSR count). The molecule has 108 valence electrons. The van der Waals surface area contributed by atoms with Gasteiger partial charge in [0, 0.05) is 0 Å². The molecule has 0 fully saturated rings. The van der Waals surface area contributed by atoms with Gasteiger partial charge < -0.3 is 5.11 Å². The molecule has 1 N–H and O–H groups in total. The van der Waals surface area contributed by atoms with Crippen LogP contribution >= 0.6 is 0 Å². The van der Waals surface area contributed by atoms with Crippen molar-refractivity contribution in [3.05, 3.63) is 101 Å². The van der Waals surface area contributed by atoms with Crippen molar-refractivity contribution in [3.63, 3.8) is 0 Å². The number of rotatable bonds is 3. The number of phenolic OH excluding ortho intramolecular Hbond substituents is 1. The molecule has 0 aliphatic rings. The summed E-state index contributed by atoms with van der Waals surface area (Å²) in [5, 5.41) is 9.47. The molecule has 0 aliphatic carbocycles. The maximum Gasteiger partial charge on any atom is 0.123 e. The zero-order chi connectivity index (χ0) is 15.4. The van der Waals surface area contributed by atoms with E-state index in [1.807, 2.05) is 54.6 Å². The summed E-state index contributed by atoms with van der Waals surface area (Å²) in [5.41, 5.74) is 3.78. The maximum atomic E-state index is 13.4. The second kappa shape index (κ2) is 6.27. The quantitative estimate of drug-likeness (QED) is 0.664. The van der Waals surface area contributed by atoms with E-state index in [-0.39, 0.29) is 11.6 Å². The van der Waals surface area contributed by atoms with Crippen molar-refractivity contribution < 1.29 is 9.50 Å². The van der Waals surface area contributed by atoms with Gasteiger partial charge in [-0.15, -0.1) is 0 Å².